The highest BCUT2D eigenvalue weighted by molar-refractivity contribution is 7.89. The summed E-state index contributed by atoms with van der Waals surface area (Å²) in [5, 5.41) is 14.3. The Morgan fingerprint density at radius 2 is 1.95 bits per heavy atom. The Labute approximate surface area is 114 Å². The van der Waals surface area contributed by atoms with E-state index >= 15 is 0 Å². The molecule has 0 aliphatic rings. The highest BCUT2D eigenvalue weighted by Crippen LogP contribution is 2.29. The summed E-state index contributed by atoms with van der Waals surface area (Å²) in [6, 6.07) is 3.06. The fourth-order valence-corrected chi connectivity index (χ4v) is 2.89. The van der Waals surface area contributed by atoms with Crippen LogP contribution in [-0.4, -0.2) is 33.2 Å². The molecule has 6 nitrogen and oxygen atoms in total. The lowest BCUT2D eigenvalue weighted by atomic mass is 10.1. The lowest BCUT2D eigenvalue weighted by Gasteiger charge is -2.26. The maximum absolute atomic E-state index is 11.6. The van der Waals surface area contributed by atoms with Crippen molar-refractivity contribution in [2.75, 3.05) is 30.3 Å². The summed E-state index contributed by atoms with van der Waals surface area (Å²) in [5.41, 5.74) is 7.33. The van der Waals surface area contributed by atoms with Crippen molar-refractivity contribution in [1.82, 2.24) is 0 Å². The lowest BCUT2D eigenvalue weighted by Crippen LogP contribution is -2.29. The Bertz CT molecular complexity index is 537. The summed E-state index contributed by atoms with van der Waals surface area (Å²) in [7, 11) is -3.81. The van der Waals surface area contributed by atoms with E-state index in [-0.39, 0.29) is 11.5 Å². The molecule has 1 aromatic rings. The van der Waals surface area contributed by atoms with Gasteiger partial charge in [0.15, 0.2) is 0 Å². The number of nitrogen functional groups attached to an aromatic ring is 1. The van der Waals surface area contributed by atoms with E-state index in [1.807, 2.05) is 11.8 Å². The van der Waals surface area contributed by atoms with Gasteiger partial charge in [-0.25, -0.2) is 13.6 Å². The minimum absolute atomic E-state index is 0.0149. The molecule has 0 fully saturated rings. The van der Waals surface area contributed by atoms with Gasteiger partial charge < -0.3 is 15.7 Å². The molecule has 0 saturated heterocycles. The number of hydrogen-bond donors (Lipinski definition) is 3. The average Bonchev–Trinajstić information content (AvgIpc) is 2.30. The van der Waals surface area contributed by atoms with Crippen LogP contribution < -0.4 is 15.8 Å². The standard InChI is InChI=1S/C12H21N3O3S/c1-3-4-15(5-6-16)11-7-10(13)8-12(9(11)2)19(14,17)18/h7-8,16H,3-6,13H2,1-2H3,(H2,14,17,18). The number of primary sulfonamides is 1. The smallest absolute Gasteiger partial charge is 0.238 e. The number of hydrogen-bond acceptors (Lipinski definition) is 5. The number of nitrogens with two attached hydrogens (primary N) is 2. The first-order valence-electron chi connectivity index (χ1n) is 6.10. The maximum Gasteiger partial charge on any atom is 0.238 e. The second kappa shape index (κ2) is 6.23. The van der Waals surface area contributed by atoms with Crippen LogP contribution in [0.1, 0.15) is 18.9 Å². The zero-order valence-electron chi connectivity index (χ0n) is 11.3. The van der Waals surface area contributed by atoms with Crippen molar-refractivity contribution in [1.29, 1.82) is 0 Å². The highest BCUT2D eigenvalue weighted by atomic mass is 32.2. The number of sulfonamides is 1. The summed E-state index contributed by atoms with van der Waals surface area (Å²) >= 11 is 0. The minimum atomic E-state index is -3.81. The summed E-state index contributed by atoms with van der Waals surface area (Å²) in [5.74, 6) is 0. The van der Waals surface area contributed by atoms with Gasteiger partial charge >= 0.3 is 0 Å². The molecule has 0 unspecified atom stereocenters. The van der Waals surface area contributed by atoms with E-state index in [0.717, 1.165) is 6.42 Å². The van der Waals surface area contributed by atoms with E-state index in [2.05, 4.69) is 0 Å². The van der Waals surface area contributed by atoms with Gasteiger partial charge in [0.2, 0.25) is 10.0 Å². The van der Waals surface area contributed by atoms with Crippen LogP contribution in [-0.2, 0) is 10.0 Å². The number of benzene rings is 1. The summed E-state index contributed by atoms with van der Waals surface area (Å²) in [4.78, 5) is 1.93. The van der Waals surface area contributed by atoms with Crippen molar-refractivity contribution in [3.05, 3.63) is 17.7 Å². The van der Waals surface area contributed by atoms with E-state index in [1.165, 1.54) is 6.07 Å². The topological polar surface area (TPSA) is 110 Å². The summed E-state index contributed by atoms with van der Waals surface area (Å²) in [6.45, 7) is 4.80. The SMILES string of the molecule is CCCN(CCO)c1cc(N)cc(S(N)(=O)=O)c1C. The fraction of sp³-hybridized carbons (Fsp3) is 0.500. The molecular formula is C12H21N3O3S. The molecule has 5 N–H and O–H groups in total. The van der Waals surface area contributed by atoms with Crippen LogP contribution >= 0.6 is 0 Å². The molecule has 0 bridgehead atoms. The Morgan fingerprint density at radius 3 is 2.42 bits per heavy atom. The lowest BCUT2D eigenvalue weighted by molar-refractivity contribution is 0.302. The average molecular weight is 287 g/mol. The van der Waals surface area contributed by atoms with Gasteiger partial charge in [-0.15, -0.1) is 0 Å². The van der Waals surface area contributed by atoms with Gasteiger partial charge in [0.25, 0.3) is 0 Å². The van der Waals surface area contributed by atoms with Gasteiger partial charge in [-0.1, -0.05) is 6.92 Å². The molecule has 0 aromatic heterocycles. The van der Waals surface area contributed by atoms with E-state index in [0.29, 0.717) is 30.0 Å². The van der Waals surface area contributed by atoms with Crippen LogP contribution in [0.4, 0.5) is 11.4 Å². The Balaban J connectivity index is 3.38. The fourth-order valence-electron chi connectivity index (χ4n) is 2.06. The van der Waals surface area contributed by atoms with Crippen molar-refractivity contribution >= 4 is 21.4 Å². The maximum atomic E-state index is 11.6. The van der Waals surface area contributed by atoms with Crippen LogP contribution in [0.15, 0.2) is 17.0 Å². The van der Waals surface area contributed by atoms with E-state index in [4.69, 9.17) is 16.0 Å². The van der Waals surface area contributed by atoms with E-state index < -0.39 is 10.0 Å². The van der Waals surface area contributed by atoms with E-state index in [1.54, 1.807) is 13.0 Å². The van der Waals surface area contributed by atoms with Gasteiger partial charge in [-0.05, 0) is 31.0 Å². The Morgan fingerprint density at radius 1 is 1.32 bits per heavy atom. The molecule has 1 aromatic carbocycles. The molecule has 1 rings (SSSR count). The van der Waals surface area contributed by atoms with Gasteiger partial charge in [0, 0.05) is 24.5 Å². The molecular weight excluding hydrogens is 266 g/mol. The van der Waals surface area contributed by atoms with Gasteiger partial charge in [-0.3, -0.25) is 0 Å². The first kappa shape index (κ1) is 15.7. The molecule has 108 valence electrons. The third-order valence-corrected chi connectivity index (χ3v) is 3.90. The van der Waals surface area contributed by atoms with Crippen molar-refractivity contribution in [3.63, 3.8) is 0 Å². The molecule has 0 saturated carbocycles. The summed E-state index contributed by atoms with van der Waals surface area (Å²) < 4.78 is 23.1. The van der Waals surface area contributed by atoms with E-state index in [9.17, 15) is 8.42 Å². The quantitative estimate of drug-likeness (QED) is 0.657. The van der Waals surface area contributed by atoms with Crippen LogP contribution in [0.3, 0.4) is 0 Å². The van der Waals surface area contributed by atoms with Crippen molar-refractivity contribution in [3.8, 4) is 0 Å². The minimum Gasteiger partial charge on any atom is -0.399 e. The number of rotatable bonds is 6. The summed E-state index contributed by atoms with van der Waals surface area (Å²) in [6.07, 6.45) is 0.874. The third-order valence-electron chi connectivity index (χ3n) is 2.87. The molecule has 0 spiro atoms. The molecule has 0 atom stereocenters. The molecule has 0 amide bonds. The molecule has 0 aliphatic carbocycles. The van der Waals surface area contributed by atoms with Crippen LogP contribution in [0, 0.1) is 6.92 Å². The normalized spacial score (nSPS) is 11.6. The van der Waals surface area contributed by atoms with Crippen molar-refractivity contribution in [2.45, 2.75) is 25.2 Å². The largest absolute Gasteiger partial charge is 0.399 e. The molecule has 0 radical (unpaired) electrons. The van der Waals surface area contributed by atoms with Crippen molar-refractivity contribution < 1.29 is 13.5 Å². The van der Waals surface area contributed by atoms with Crippen LogP contribution in [0.2, 0.25) is 0 Å². The van der Waals surface area contributed by atoms with Crippen LogP contribution in [0.5, 0.6) is 0 Å². The highest BCUT2D eigenvalue weighted by Gasteiger charge is 2.18. The number of nitrogens with zero attached hydrogens (tertiary/aromatic N) is 1. The first-order valence-corrected chi connectivity index (χ1v) is 7.64. The molecule has 7 heteroatoms. The predicted molar refractivity (Wildman–Crippen MR) is 76.6 cm³/mol. The number of anilines is 2. The Hall–Kier alpha value is -1.31. The van der Waals surface area contributed by atoms with Gasteiger partial charge in [-0.2, -0.15) is 0 Å². The molecule has 0 heterocycles. The second-order valence-electron chi connectivity index (χ2n) is 4.42. The predicted octanol–water partition coefficient (Wildman–Crippen LogP) is 0.433. The van der Waals surface area contributed by atoms with Crippen LogP contribution in [0.25, 0.3) is 0 Å². The Kier molecular flexibility index (Phi) is 5.16. The first-order chi connectivity index (χ1) is 8.81. The zero-order valence-corrected chi connectivity index (χ0v) is 12.1. The second-order valence-corrected chi connectivity index (χ2v) is 5.95. The van der Waals surface area contributed by atoms with Crippen molar-refractivity contribution in [2.24, 2.45) is 5.14 Å². The van der Waals surface area contributed by atoms with Gasteiger partial charge in [0.05, 0.1) is 11.5 Å². The monoisotopic (exact) mass is 287 g/mol. The number of aliphatic hydroxyl groups excluding tert-OH is 1. The third kappa shape index (κ3) is 3.82. The molecule has 0 aliphatic heterocycles. The van der Waals surface area contributed by atoms with Gasteiger partial charge in [0.1, 0.15) is 0 Å². The zero-order chi connectivity index (χ0) is 14.6. The number of aliphatic hydroxyl groups is 1. The molecule has 19 heavy (non-hydrogen) atoms.